The van der Waals surface area contributed by atoms with Gasteiger partial charge in [0, 0.05) is 10.4 Å². The largest absolute Gasteiger partial charge is 2.00 e. The topological polar surface area (TPSA) is 80.3 Å². The van der Waals surface area contributed by atoms with E-state index in [1.807, 2.05) is 0 Å². The normalized spacial score (nSPS) is 7.25. The summed E-state index contributed by atoms with van der Waals surface area (Å²) in [5.74, 6) is 0. The summed E-state index contributed by atoms with van der Waals surface area (Å²) in [5.41, 5.74) is 0. The van der Waals surface area contributed by atoms with Crippen molar-refractivity contribution in [3.63, 3.8) is 0 Å². The maximum absolute atomic E-state index is 8.52. The predicted octanol–water partition coefficient (Wildman–Crippen LogP) is -7.71. The Morgan fingerprint density at radius 2 is 1.12 bits per heavy atom. The molecule has 8 heavy (non-hydrogen) atoms. The van der Waals surface area contributed by atoms with E-state index in [9.17, 15) is 0 Å². The number of hydrogen-bond donors (Lipinski definition) is 0. The zero-order valence-corrected chi connectivity index (χ0v) is 12.0. The molecule has 0 N–H and O–H groups in total. The summed E-state index contributed by atoms with van der Waals surface area (Å²) in [6.45, 7) is 0. The molecule has 8 heteroatoms. The second kappa shape index (κ2) is 9.83. The molecule has 0 aromatic heterocycles. The second-order valence-corrected chi connectivity index (χ2v) is 1.22. The summed E-state index contributed by atoms with van der Waals surface area (Å²) in [7, 11) is -5.17. The standard InChI is InChI=1S/BrH.Na.H2O4S.Sr/c;;1-5(2,3)4;/h1H;;(H2,1,2,3,4);/q;+1;;+2/p-3. The van der Waals surface area contributed by atoms with E-state index in [0.29, 0.717) is 0 Å². The van der Waals surface area contributed by atoms with Crippen molar-refractivity contribution >= 4 is 55.9 Å². The molecule has 0 amide bonds. The summed E-state index contributed by atoms with van der Waals surface area (Å²) in [4.78, 5) is 0. The van der Waals surface area contributed by atoms with Crippen molar-refractivity contribution in [1.29, 1.82) is 0 Å². The Balaban J connectivity index is -0.0000000267. The fourth-order valence-corrected chi connectivity index (χ4v) is 0. The average molecular weight is 287 g/mol. The van der Waals surface area contributed by atoms with Gasteiger partial charge in [-0.3, -0.25) is 8.42 Å². The minimum atomic E-state index is -5.17. The minimum Gasteiger partial charge on any atom is -1.00 e. The molecule has 0 saturated heterocycles. The van der Waals surface area contributed by atoms with E-state index in [4.69, 9.17) is 17.5 Å². The summed E-state index contributed by atoms with van der Waals surface area (Å²) in [5, 5.41) is 0. The van der Waals surface area contributed by atoms with Gasteiger partial charge in [0.2, 0.25) is 0 Å². The first-order chi connectivity index (χ1) is 2.00. The molecule has 40 valence electrons. The number of rotatable bonds is 0. The second-order valence-electron chi connectivity index (χ2n) is 0.408. The van der Waals surface area contributed by atoms with Crippen molar-refractivity contribution in [3.05, 3.63) is 0 Å². The molecule has 0 atom stereocenters. The Morgan fingerprint density at radius 3 is 1.12 bits per heavy atom. The molecule has 0 aliphatic rings. The molecule has 0 spiro atoms. The Labute approximate surface area is 117 Å². The molecule has 0 aliphatic carbocycles. The Morgan fingerprint density at radius 1 is 1.12 bits per heavy atom. The van der Waals surface area contributed by atoms with Crippen LogP contribution < -0.4 is 46.5 Å². The quantitative estimate of drug-likeness (QED) is 0.252. The van der Waals surface area contributed by atoms with Gasteiger partial charge >= 0.3 is 75.0 Å². The molecule has 4 nitrogen and oxygen atoms in total. The van der Waals surface area contributed by atoms with Gasteiger partial charge in [0.25, 0.3) is 0 Å². The van der Waals surface area contributed by atoms with Crippen LogP contribution in [0, 0.1) is 0 Å². The SMILES string of the molecule is O=S(=O)([O-])[O-].[Br-].[Na+].[Sr+2]. The molecule has 0 aromatic rings. The Kier molecular flexibility index (Phi) is 27.6. The van der Waals surface area contributed by atoms with Crippen molar-refractivity contribution < 1.29 is 64.1 Å². The first-order valence-corrected chi connectivity index (χ1v) is 2.00. The monoisotopic (exact) mass is 286 g/mol. The maximum Gasteiger partial charge on any atom is 2.00 e. The first kappa shape index (κ1) is 22.4. The van der Waals surface area contributed by atoms with Gasteiger partial charge in [0.1, 0.15) is 0 Å². The van der Waals surface area contributed by atoms with Crippen LogP contribution in [0.4, 0.5) is 0 Å². The minimum absolute atomic E-state index is 0. The van der Waals surface area contributed by atoms with Gasteiger partial charge in [-0.1, -0.05) is 0 Å². The molecule has 0 aliphatic heterocycles. The summed E-state index contributed by atoms with van der Waals surface area (Å²) in [6.07, 6.45) is 0. The fourth-order valence-electron chi connectivity index (χ4n) is 0. The Hall–Kier alpha value is 2.83. The zero-order valence-electron chi connectivity index (χ0n) is 4.13. The van der Waals surface area contributed by atoms with Crippen LogP contribution in [0.25, 0.3) is 0 Å². The van der Waals surface area contributed by atoms with Crippen LogP contribution in [0.3, 0.4) is 0 Å². The zero-order chi connectivity index (χ0) is 4.50. The van der Waals surface area contributed by atoms with Crippen molar-refractivity contribution in [3.8, 4) is 0 Å². The molecular weight excluding hydrogens is 287 g/mol. The van der Waals surface area contributed by atoms with Crippen LogP contribution in [0.1, 0.15) is 0 Å². The predicted molar refractivity (Wildman–Crippen MR) is 16.2 cm³/mol. The molecule has 0 saturated carbocycles. The van der Waals surface area contributed by atoms with E-state index in [-0.39, 0.29) is 92.0 Å². The van der Waals surface area contributed by atoms with E-state index in [0.717, 1.165) is 0 Å². The first-order valence-electron chi connectivity index (χ1n) is 0.667. The molecular formula is BrNaO4SSr. The van der Waals surface area contributed by atoms with E-state index in [1.165, 1.54) is 0 Å². The van der Waals surface area contributed by atoms with Crippen LogP contribution >= 0.6 is 0 Å². The molecule has 0 unspecified atom stereocenters. The van der Waals surface area contributed by atoms with Crippen molar-refractivity contribution in [1.82, 2.24) is 0 Å². The molecule has 0 radical (unpaired) electrons. The molecule has 0 heterocycles. The van der Waals surface area contributed by atoms with Gasteiger partial charge in [-0.25, -0.2) is 0 Å². The van der Waals surface area contributed by atoms with Gasteiger partial charge in [0.15, 0.2) is 0 Å². The van der Waals surface area contributed by atoms with Crippen LogP contribution in [0.5, 0.6) is 0 Å². The third-order valence-electron chi connectivity index (χ3n) is 0. The smallest absolute Gasteiger partial charge is 1.00 e. The Bertz CT molecular complexity index is 99.2. The maximum atomic E-state index is 8.52. The average Bonchev–Trinajstić information content (AvgIpc) is 0.722. The van der Waals surface area contributed by atoms with Gasteiger partial charge < -0.3 is 26.1 Å². The van der Waals surface area contributed by atoms with Crippen LogP contribution in [-0.4, -0.2) is 63.0 Å². The number of hydrogen-bond acceptors (Lipinski definition) is 4. The van der Waals surface area contributed by atoms with Crippen molar-refractivity contribution in [2.75, 3.05) is 0 Å². The van der Waals surface area contributed by atoms with E-state index in [2.05, 4.69) is 0 Å². The van der Waals surface area contributed by atoms with Crippen LogP contribution in [0.2, 0.25) is 0 Å². The van der Waals surface area contributed by atoms with E-state index < -0.39 is 10.4 Å². The molecule has 0 rings (SSSR count). The van der Waals surface area contributed by atoms with Gasteiger partial charge in [-0.05, 0) is 0 Å². The third kappa shape index (κ3) is 67.6. The summed E-state index contributed by atoms with van der Waals surface area (Å²) in [6, 6.07) is 0. The van der Waals surface area contributed by atoms with E-state index >= 15 is 0 Å². The number of halogens is 1. The van der Waals surface area contributed by atoms with Crippen molar-refractivity contribution in [2.24, 2.45) is 0 Å². The van der Waals surface area contributed by atoms with Gasteiger partial charge in [-0.15, -0.1) is 0 Å². The summed E-state index contributed by atoms with van der Waals surface area (Å²) >= 11 is 0. The molecule has 0 bridgehead atoms. The summed E-state index contributed by atoms with van der Waals surface area (Å²) < 4.78 is 34.1. The molecule has 0 fully saturated rings. The van der Waals surface area contributed by atoms with Crippen LogP contribution in [-0.2, 0) is 10.4 Å². The van der Waals surface area contributed by atoms with Gasteiger partial charge in [0.05, 0.1) is 0 Å². The van der Waals surface area contributed by atoms with Gasteiger partial charge in [-0.2, -0.15) is 0 Å². The van der Waals surface area contributed by atoms with Crippen LogP contribution in [0.15, 0.2) is 0 Å². The van der Waals surface area contributed by atoms with E-state index in [1.54, 1.807) is 0 Å². The van der Waals surface area contributed by atoms with Crippen molar-refractivity contribution in [2.45, 2.75) is 0 Å². The fraction of sp³-hybridized carbons (Fsp3) is 0. The molecule has 0 aromatic carbocycles. The third-order valence-corrected chi connectivity index (χ3v) is 0.